The lowest BCUT2D eigenvalue weighted by Gasteiger charge is -2.34. The molecule has 0 radical (unpaired) electrons. The second kappa shape index (κ2) is 19.0. The summed E-state index contributed by atoms with van der Waals surface area (Å²) < 4.78 is 5.41. The molecule has 0 amide bonds. The third kappa shape index (κ3) is 10.7. The van der Waals surface area contributed by atoms with Crippen LogP contribution in [0.3, 0.4) is 0 Å². The number of nitrogens with one attached hydrogen (secondary N) is 2. The van der Waals surface area contributed by atoms with E-state index in [1.165, 1.54) is 11.1 Å². The average molecular weight is 873 g/mol. The van der Waals surface area contributed by atoms with Crippen LogP contribution in [0.15, 0.2) is 144 Å². The topological polar surface area (TPSA) is 97.2 Å². The molecule has 2 aromatic heterocycles. The molecule has 1 atom stereocenters. The van der Waals surface area contributed by atoms with Crippen LogP contribution >= 0.6 is 0 Å². The summed E-state index contributed by atoms with van der Waals surface area (Å²) in [5.74, 6) is -0.329. The van der Waals surface area contributed by atoms with Crippen molar-refractivity contribution in [2.45, 2.75) is 54.1 Å². The Hall–Kier alpha value is -7.02. The van der Waals surface area contributed by atoms with E-state index in [2.05, 4.69) is 166 Å². The van der Waals surface area contributed by atoms with Gasteiger partial charge in [0.05, 0.1) is 73.5 Å². The van der Waals surface area contributed by atoms with Crippen molar-refractivity contribution in [3.8, 4) is 0 Å². The molecule has 4 aromatic carbocycles. The number of benzene rings is 4. The molecule has 12 heteroatoms. The van der Waals surface area contributed by atoms with Crippen molar-refractivity contribution in [1.82, 2.24) is 0 Å². The van der Waals surface area contributed by atoms with E-state index in [1.807, 2.05) is 62.2 Å². The molecule has 0 saturated heterocycles. The van der Waals surface area contributed by atoms with Crippen LogP contribution in [-0.2, 0) is 13.3 Å². The maximum Gasteiger partial charge on any atom is 0.277 e. The number of hydrogen-bond acceptors (Lipinski definition) is 8. The standard InChI is InChI=1S/C53H63N10O2/c1-37-18-22-44(23-19-37)58(6)56-39(3)42-26-30-60(31-27-42)35-62(8,9)34-54-48-16-12-14-46-50(48)53(65)51-47(52(46)64)15-13-17-49(51)55-41(5)63(10,11)36-61-32-28-43(29-33-61)40(4)57-59(7)45-24-20-38(2)21-25-45/h12-33,41H,34-36H2,1-11H3,(H-,54,55,65)/q+3/p+1. The summed E-state index contributed by atoms with van der Waals surface area (Å²) in [5, 5.41) is 20.6. The lowest BCUT2D eigenvalue weighted by Crippen LogP contribution is -2.58. The highest BCUT2D eigenvalue weighted by Gasteiger charge is 2.36. The highest BCUT2D eigenvalue weighted by molar-refractivity contribution is 6.31. The van der Waals surface area contributed by atoms with Crippen LogP contribution in [0.2, 0.25) is 0 Å². The van der Waals surface area contributed by atoms with Crippen molar-refractivity contribution in [2.24, 2.45) is 10.2 Å². The molecule has 334 valence electrons. The Balaban J connectivity index is 1.01. The molecular formula is C53H64N10O2+4. The van der Waals surface area contributed by atoms with Gasteiger partial charge in [-0.3, -0.25) is 28.6 Å². The van der Waals surface area contributed by atoms with E-state index in [-0.39, 0.29) is 17.7 Å². The first-order valence-corrected chi connectivity index (χ1v) is 22.1. The number of carbonyl (C=O) groups excluding carboxylic acids is 2. The Kier molecular flexibility index (Phi) is 13.4. The Labute approximate surface area is 384 Å². The van der Waals surface area contributed by atoms with E-state index >= 15 is 0 Å². The van der Waals surface area contributed by atoms with Gasteiger partial charge >= 0.3 is 0 Å². The first kappa shape index (κ1) is 46.0. The van der Waals surface area contributed by atoms with Gasteiger partial charge in [-0.05, 0) is 64.1 Å². The normalized spacial score (nSPS) is 13.5. The zero-order valence-electron chi connectivity index (χ0n) is 39.8. The van der Waals surface area contributed by atoms with Gasteiger partial charge in [-0.2, -0.15) is 19.3 Å². The number of quaternary nitrogens is 2. The average Bonchev–Trinajstić information content (AvgIpc) is 3.28. The van der Waals surface area contributed by atoms with Gasteiger partial charge in [0.2, 0.25) is 0 Å². The van der Waals surface area contributed by atoms with Gasteiger partial charge in [0.25, 0.3) is 13.3 Å². The van der Waals surface area contributed by atoms with Gasteiger partial charge in [0.1, 0.15) is 0 Å². The summed E-state index contributed by atoms with van der Waals surface area (Å²) in [7, 11) is 12.5. The first-order valence-electron chi connectivity index (χ1n) is 22.1. The number of fused-ring (bicyclic) bond motifs is 2. The van der Waals surface area contributed by atoms with E-state index < -0.39 is 0 Å². The molecule has 65 heavy (non-hydrogen) atoms. The van der Waals surface area contributed by atoms with Gasteiger partial charge in [0, 0.05) is 67.5 Å². The van der Waals surface area contributed by atoms with Crippen LogP contribution in [0.25, 0.3) is 0 Å². The highest BCUT2D eigenvalue weighted by atomic mass is 16.1. The predicted octanol–water partition coefficient (Wildman–Crippen LogP) is 7.97. The Bertz CT molecular complexity index is 2740. The van der Waals surface area contributed by atoms with Gasteiger partial charge < -0.3 is 10.6 Å². The number of hydrogen-bond donors (Lipinski definition) is 2. The molecule has 1 unspecified atom stereocenters. The third-order valence-corrected chi connectivity index (χ3v) is 12.3. The second-order valence-electron chi connectivity index (χ2n) is 18.6. The molecule has 1 aliphatic rings. The Morgan fingerprint density at radius 1 is 0.600 bits per heavy atom. The molecule has 2 N–H and O–H groups in total. The number of aromatic nitrogens is 2. The van der Waals surface area contributed by atoms with Gasteiger partial charge in [-0.1, -0.05) is 59.7 Å². The maximum atomic E-state index is 14.7. The van der Waals surface area contributed by atoms with Crippen molar-refractivity contribution < 1.29 is 27.7 Å². The van der Waals surface area contributed by atoms with E-state index in [0.29, 0.717) is 62.6 Å². The third-order valence-electron chi connectivity index (χ3n) is 12.3. The molecule has 2 heterocycles. The zero-order valence-corrected chi connectivity index (χ0v) is 39.8. The minimum atomic E-state index is -0.173. The van der Waals surface area contributed by atoms with Crippen molar-refractivity contribution in [3.63, 3.8) is 0 Å². The summed E-state index contributed by atoms with van der Waals surface area (Å²) in [6.07, 6.45) is 8.16. The smallest absolute Gasteiger partial charge is 0.277 e. The van der Waals surface area contributed by atoms with Crippen LogP contribution in [0.1, 0.15) is 74.9 Å². The maximum absolute atomic E-state index is 14.7. The SMILES string of the molecule is C/C(=N\N(C)c1ccc(C)cc1)c1cc[n+](C[N+](C)(C)CNc2cccc3c2C(=O)c2c(NC(C)[N+](C)(C)C[n+]4ccc(/C(C)=N/N(C)c5ccc(C)cc5)cc4)cccc2C3=O)cc1. The molecule has 7 rings (SSSR count). The molecule has 0 fully saturated rings. The fourth-order valence-corrected chi connectivity index (χ4v) is 8.03. The minimum Gasteiger partial charge on any atom is -0.338 e. The fraction of sp³-hybridized carbons (Fsp3) is 0.283. The second-order valence-corrected chi connectivity index (χ2v) is 18.6. The molecular weight excluding hydrogens is 809 g/mol. The number of pyridine rings is 2. The van der Waals surface area contributed by atoms with Crippen LogP contribution in [0.4, 0.5) is 22.7 Å². The molecule has 0 bridgehead atoms. The first-order chi connectivity index (χ1) is 30.9. The molecule has 6 aromatic rings. The number of ketones is 2. The van der Waals surface area contributed by atoms with Crippen LogP contribution in [-0.4, -0.2) is 87.1 Å². The Morgan fingerprint density at radius 2 is 1.03 bits per heavy atom. The predicted molar refractivity (Wildman–Crippen MR) is 262 cm³/mol. The largest absolute Gasteiger partial charge is 0.338 e. The highest BCUT2D eigenvalue weighted by Crippen LogP contribution is 2.36. The van der Waals surface area contributed by atoms with E-state index in [1.54, 1.807) is 12.1 Å². The number of carbonyl (C=O) groups is 2. The number of rotatable bonds is 16. The van der Waals surface area contributed by atoms with Gasteiger partial charge in [0.15, 0.2) is 49.2 Å². The van der Waals surface area contributed by atoms with Crippen molar-refractivity contribution in [1.29, 1.82) is 0 Å². The summed E-state index contributed by atoms with van der Waals surface area (Å²) in [6, 6.07) is 36.0. The Morgan fingerprint density at radius 3 is 1.51 bits per heavy atom. The van der Waals surface area contributed by atoms with Crippen molar-refractivity contribution >= 4 is 45.7 Å². The molecule has 12 nitrogen and oxygen atoms in total. The number of aryl methyl sites for hydroxylation is 2. The van der Waals surface area contributed by atoms with Gasteiger partial charge in [-0.15, -0.1) is 0 Å². The number of hydrazone groups is 2. The lowest BCUT2D eigenvalue weighted by atomic mass is 9.82. The summed E-state index contributed by atoms with van der Waals surface area (Å²) in [4.78, 5) is 28.8. The number of anilines is 4. The van der Waals surface area contributed by atoms with E-state index in [9.17, 15) is 9.59 Å². The quantitative estimate of drug-likeness (QED) is 0.0337. The molecule has 0 aliphatic heterocycles. The summed E-state index contributed by atoms with van der Waals surface area (Å²) in [6.45, 7) is 12.1. The minimum absolute atomic E-state index is 0.126. The summed E-state index contributed by atoms with van der Waals surface area (Å²) >= 11 is 0. The molecule has 0 spiro atoms. The monoisotopic (exact) mass is 873 g/mol. The van der Waals surface area contributed by atoms with Crippen molar-refractivity contribution in [3.05, 3.63) is 178 Å². The van der Waals surface area contributed by atoms with Crippen LogP contribution in [0.5, 0.6) is 0 Å². The fourth-order valence-electron chi connectivity index (χ4n) is 8.03. The van der Waals surface area contributed by atoms with Crippen LogP contribution < -0.4 is 29.8 Å². The zero-order chi connectivity index (χ0) is 46.6. The van der Waals surface area contributed by atoms with E-state index in [0.717, 1.165) is 33.9 Å². The lowest BCUT2D eigenvalue weighted by molar-refractivity contribution is -1.04. The number of nitrogens with zero attached hydrogens (tertiary/aromatic N) is 8. The van der Waals surface area contributed by atoms with Crippen LogP contribution in [0, 0.1) is 13.8 Å². The molecule has 0 saturated carbocycles. The van der Waals surface area contributed by atoms with Crippen molar-refractivity contribution in [2.75, 3.05) is 69.6 Å². The summed E-state index contributed by atoms with van der Waals surface area (Å²) in [5.41, 5.74) is 11.3. The van der Waals surface area contributed by atoms with Gasteiger partial charge in [-0.25, -0.2) is 0 Å². The molecule has 1 aliphatic carbocycles. The van der Waals surface area contributed by atoms with E-state index in [4.69, 9.17) is 10.2 Å².